The molecule has 15 heavy (non-hydrogen) atoms. The van der Waals surface area contributed by atoms with Crippen molar-refractivity contribution in [2.75, 3.05) is 19.7 Å². The highest BCUT2D eigenvalue weighted by molar-refractivity contribution is 5.81. The van der Waals surface area contributed by atoms with Gasteiger partial charge in [0.1, 0.15) is 0 Å². The number of alkyl halides is 2. The highest BCUT2D eigenvalue weighted by Crippen LogP contribution is 2.02. The predicted octanol–water partition coefficient (Wildman–Crippen LogP) is -0.0242. The smallest absolute Gasteiger partial charge is 0.255 e. The van der Waals surface area contributed by atoms with E-state index in [1.54, 1.807) is 0 Å². The molecule has 0 saturated heterocycles. The minimum Gasteiger partial charge on any atom is -0.395 e. The Morgan fingerprint density at radius 2 is 2.20 bits per heavy atom. The summed E-state index contributed by atoms with van der Waals surface area (Å²) in [5, 5.41) is 8.61. The average molecular weight is 222 g/mol. The van der Waals surface area contributed by atoms with Gasteiger partial charge in [0, 0.05) is 6.54 Å². The van der Waals surface area contributed by atoms with Crippen LogP contribution in [0.15, 0.2) is 12.7 Å². The molecule has 1 atom stereocenters. The van der Waals surface area contributed by atoms with E-state index < -0.39 is 24.9 Å². The van der Waals surface area contributed by atoms with Crippen molar-refractivity contribution in [2.45, 2.75) is 18.9 Å². The lowest BCUT2D eigenvalue weighted by Gasteiger charge is -2.24. The van der Waals surface area contributed by atoms with Crippen molar-refractivity contribution in [3.8, 4) is 0 Å². The largest absolute Gasteiger partial charge is 0.395 e. The first-order valence-corrected chi connectivity index (χ1v) is 4.57. The van der Waals surface area contributed by atoms with Crippen LogP contribution in [0.4, 0.5) is 8.78 Å². The number of rotatable bonds is 7. The van der Waals surface area contributed by atoms with E-state index in [4.69, 9.17) is 10.8 Å². The van der Waals surface area contributed by atoms with Crippen LogP contribution in [-0.2, 0) is 4.79 Å². The van der Waals surface area contributed by atoms with Crippen molar-refractivity contribution in [1.29, 1.82) is 0 Å². The molecule has 3 N–H and O–H groups in total. The Morgan fingerprint density at radius 1 is 1.60 bits per heavy atom. The van der Waals surface area contributed by atoms with Gasteiger partial charge in [-0.2, -0.15) is 0 Å². The molecule has 0 heterocycles. The van der Waals surface area contributed by atoms with Gasteiger partial charge in [-0.3, -0.25) is 4.79 Å². The van der Waals surface area contributed by atoms with Gasteiger partial charge in [-0.15, -0.1) is 6.58 Å². The van der Waals surface area contributed by atoms with E-state index in [9.17, 15) is 13.6 Å². The topological polar surface area (TPSA) is 66.6 Å². The van der Waals surface area contributed by atoms with Gasteiger partial charge in [-0.1, -0.05) is 6.08 Å². The fraction of sp³-hybridized carbons (Fsp3) is 0.667. The zero-order valence-corrected chi connectivity index (χ0v) is 8.40. The van der Waals surface area contributed by atoms with Crippen LogP contribution in [0.25, 0.3) is 0 Å². The molecule has 0 radical (unpaired) electrons. The second-order valence-corrected chi connectivity index (χ2v) is 3.03. The molecule has 6 heteroatoms. The zero-order valence-electron chi connectivity index (χ0n) is 8.40. The second-order valence-electron chi connectivity index (χ2n) is 3.03. The lowest BCUT2D eigenvalue weighted by Crippen LogP contribution is -2.46. The van der Waals surface area contributed by atoms with Crippen LogP contribution >= 0.6 is 0 Å². The lowest BCUT2D eigenvalue weighted by molar-refractivity contribution is -0.135. The fourth-order valence-electron chi connectivity index (χ4n) is 1.09. The summed E-state index contributed by atoms with van der Waals surface area (Å²) in [5.74, 6) is -0.593. The molecule has 0 aliphatic rings. The number of carbonyl (C=O) groups excluding carboxylic acids is 1. The number of hydrogen-bond donors (Lipinski definition) is 2. The van der Waals surface area contributed by atoms with Gasteiger partial charge in [0.05, 0.1) is 19.2 Å². The predicted molar refractivity (Wildman–Crippen MR) is 52.5 cm³/mol. The van der Waals surface area contributed by atoms with Gasteiger partial charge in [0.15, 0.2) is 0 Å². The minimum atomic E-state index is -2.63. The number of nitrogens with zero attached hydrogens (tertiary/aromatic N) is 1. The number of carbonyl (C=O) groups is 1. The Kier molecular flexibility index (Phi) is 6.81. The summed E-state index contributed by atoms with van der Waals surface area (Å²) in [6.45, 7) is 2.20. The maximum Gasteiger partial charge on any atom is 0.255 e. The standard InChI is InChI=1S/C9H16F2N2O2/c1-2-3-7(12)9(15)13(4-5-14)6-8(10)11/h2,7-8,14H,1,3-6,12H2. The molecule has 1 unspecified atom stereocenters. The van der Waals surface area contributed by atoms with E-state index in [0.717, 1.165) is 4.90 Å². The van der Waals surface area contributed by atoms with Crippen LogP contribution in [0.2, 0.25) is 0 Å². The normalized spacial score (nSPS) is 12.6. The van der Waals surface area contributed by atoms with E-state index in [2.05, 4.69) is 6.58 Å². The van der Waals surface area contributed by atoms with Crippen LogP contribution in [0, 0.1) is 0 Å². The number of aliphatic hydroxyl groups excluding tert-OH is 1. The molecule has 0 aliphatic heterocycles. The Hall–Kier alpha value is -1.01. The van der Waals surface area contributed by atoms with Crippen molar-refractivity contribution < 1.29 is 18.7 Å². The molecule has 0 aromatic carbocycles. The summed E-state index contributed by atoms with van der Waals surface area (Å²) >= 11 is 0. The van der Waals surface area contributed by atoms with Gasteiger partial charge in [0.25, 0.3) is 6.43 Å². The highest BCUT2D eigenvalue weighted by atomic mass is 19.3. The van der Waals surface area contributed by atoms with Crippen molar-refractivity contribution in [3.63, 3.8) is 0 Å². The van der Waals surface area contributed by atoms with E-state index in [1.165, 1.54) is 6.08 Å². The number of amides is 1. The first-order chi connectivity index (χ1) is 7.02. The molecule has 0 rings (SSSR count). The Bertz CT molecular complexity index is 212. The number of nitrogens with two attached hydrogens (primary N) is 1. The van der Waals surface area contributed by atoms with E-state index >= 15 is 0 Å². The summed E-state index contributed by atoms with van der Waals surface area (Å²) < 4.78 is 24.2. The number of aliphatic hydroxyl groups is 1. The van der Waals surface area contributed by atoms with Gasteiger partial charge >= 0.3 is 0 Å². The molecule has 0 saturated carbocycles. The molecule has 1 amide bonds. The molecular formula is C9H16F2N2O2. The van der Waals surface area contributed by atoms with Crippen LogP contribution in [0.5, 0.6) is 0 Å². The Morgan fingerprint density at radius 3 is 2.60 bits per heavy atom. The molecule has 0 aliphatic carbocycles. The maximum atomic E-state index is 12.1. The third-order valence-electron chi connectivity index (χ3n) is 1.78. The van der Waals surface area contributed by atoms with Gasteiger partial charge in [0.2, 0.25) is 5.91 Å². The van der Waals surface area contributed by atoms with E-state index in [-0.39, 0.29) is 19.6 Å². The van der Waals surface area contributed by atoms with Gasteiger partial charge < -0.3 is 15.7 Å². The van der Waals surface area contributed by atoms with Gasteiger partial charge in [-0.25, -0.2) is 8.78 Å². The fourth-order valence-corrected chi connectivity index (χ4v) is 1.09. The van der Waals surface area contributed by atoms with Crippen molar-refractivity contribution >= 4 is 5.91 Å². The van der Waals surface area contributed by atoms with E-state index in [0.29, 0.717) is 0 Å². The molecular weight excluding hydrogens is 206 g/mol. The first-order valence-electron chi connectivity index (χ1n) is 4.57. The average Bonchev–Trinajstić information content (AvgIpc) is 2.16. The Balaban J connectivity index is 4.32. The molecule has 0 bridgehead atoms. The van der Waals surface area contributed by atoms with Crippen LogP contribution in [-0.4, -0.2) is 48.1 Å². The van der Waals surface area contributed by atoms with Crippen molar-refractivity contribution in [1.82, 2.24) is 4.90 Å². The van der Waals surface area contributed by atoms with E-state index in [1.807, 2.05) is 0 Å². The SMILES string of the molecule is C=CCC(N)C(=O)N(CCO)CC(F)F. The number of halogens is 2. The third-order valence-corrected chi connectivity index (χ3v) is 1.78. The molecule has 4 nitrogen and oxygen atoms in total. The quantitative estimate of drug-likeness (QED) is 0.595. The Labute approximate surface area is 87.4 Å². The highest BCUT2D eigenvalue weighted by Gasteiger charge is 2.22. The van der Waals surface area contributed by atoms with Gasteiger partial charge in [-0.05, 0) is 6.42 Å². The number of hydrogen-bond acceptors (Lipinski definition) is 3. The van der Waals surface area contributed by atoms with Crippen LogP contribution < -0.4 is 5.73 Å². The van der Waals surface area contributed by atoms with Crippen LogP contribution in [0.3, 0.4) is 0 Å². The third kappa shape index (κ3) is 5.44. The van der Waals surface area contributed by atoms with Crippen molar-refractivity contribution in [3.05, 3.63) is 12.7 Å². The molecule has 0 fully saturated rings. The summed E-state index contributed by atoms with van der Waals surface area (Å²) in [6.07, 6.45) is -0.956. The van der Waals surface area contributed by atoms with Crippen LogP contribution in [0.1, 0.15) is 6.42 Å². The summed E-state index contributed by atoms with van der Waals surface area (Å²) in [4.78, 5) is 12.3. The zero-order chi connectivity index (χ0) is 11.8. The second kappa shape index (κ2) is 7.30. The summed E-state index contributed by atoms with van der Waals surface area (Å²) in [6, 6.07) is -0.868. The molecule has 0 aromatic rings. The molecule has 0 spiro atoms. The molecule has 0 aromatic heterocycles. The monoisotopic (exact) mass is 222 g/mol. The minimum absolute atomic E-state index is 0.131. The summed E-state index contributed by atoms with van der Waals surface area (Å²) in [5.41, 5.74) is 5.45. The summed E-state index contributed by atoms with van der Waals surface area (Å²) in [7, 11) is 0. The first kappa shape index (κ1) is 14.0. The lowest BCUT2D eigenvalue weighted by atomic mass is 10.2. The molecule has 88 valence electrons. The van der Waals surface area contributed by atoms with Crippen molar-refractivity contribution in [2.24, 2.45) is 5.73 Å². The maximum absolute atomic E-state index is 12.1.